The van der Waals surface area contributed by atoms with Crippen molar-refractivity contribution in [2.24, 2.45) is 0 Å². The van der Waals surface area contributed by atoms with Crippen LogP contribution in [0.3, 0.4) is 0 Å². The van der Waals surface area contributed by atoms with Crippen molar-refractivity contribution in [3.63, 3.8) is 0 Å². The Morgan fingerprint density at radius 3 is 1.76 bits per heavy atom. The zero-order valence-corrected chi connectivity index (χ0v) is 45.3. The second kappa shape index (κ2) is 18.5. The molecule has 14 aromatic rings. The van der Waals surface area contributed by atoms with E-state index in [0.717, 1.165) is 94.8 Å². The van der Waals surface area contributed by atoms with Crippen LogP contribution < -0.4 is 14.5 Å². The molecule has 0 N–H and O–H groups in total. The fourth-order valence-corrected chi connectivity index (χ4v) is 11.8. The van der Waals surface area contributed by atoms with Gasteiger partial charge in [-0.1, -0.05) is 154 Å². The van der Waals surface area contributed by atoms with Gasteiger partial charge in [0.1, 0.15) is 5.82 Å². The molecule has 0 fully saturated rings. The molecule has 10 aromatic carbocycles. The zero-order valence-electron chi connectivity index (χ0n) is 43.0. The van der Waals surface area contributed by atoms with Crippen molar-refractivity contribution >= 4 is 88.2 Å². The molecule has 0 amide bonds. The van der Waals surface area contributed by atoms with Gasteiger partial charge in [0.25, 0.3) is 0 Å². The van der Waals surface area contributed by atoms with E-state index in [1.807, 2.05) is 24.4 Å². The molecule has 0 atom stereocenters. The first-order chi connectivity index (χ1) is 37.8. The Labute approximate surface area is 466 Å². The average molecular weight is 1190 g/mol. The molecular weight excluding hydrogens is 1140 g/mol. The summed E-state index contributed by atoms with van der Waals surface area (Å²) < 4.78 is 13.9. The molecule has 0 spiro atoms. The zero-order chi connectivity index (χ0) is 51.4. The van der Waals surface area contributed by atoms with Crippen molar-refractivity contribution in [1.82, 2.24) is 18.7 Å². The number of anilines is 4. The van der Waals surface area contributed by atoms with Crippen molar-refractivity contribution in [3.8, 4) is 39.8 Å². The van der Waals surface area contributed by atoms with Gasteiger partial charge in [-0.3, -0.25) is 0 Å². The maximum Gasteiger partial charge on any atom is 0.135 e. The first-order valence-electron chi connectivity index (χ1n) is 26.2. The van der Waals surface area contributed by atoms with Crippen LogP contribution in [0.25, 0.3) is 93.7 Å². The number of hydrogen-bond acceptors (Lipinski definition) is 4. The Bertz CT molecular complexity index is 4590. The normalized spacial score (nSPS) is 12.6. The molecule has 0 unspecified atom stereocenters. The Kier molecular flexibility index (Phi) is 11.2. The third-order valence-electron chi connectivity index (χ3n) is 15.3. The Morgan fingerprint density at radius 1 is 0.436 bits per heavy atom. The molecule has 1 aliphatic rings. The van der Waals surface area contributed by atoms with E-state index < -0.39 is 0 Å². The molecule has 0 aliphatic carbocycles. The minimum atomic E-state index is -0.0653. The van der Waals surface area contributed by atoms with E-state index in [4.69, 9.17) is 9.72 Å². The smallest absolute Gasteiger partial charge is 0.135 e. The number of aromatic nitrogens is 4. The summed E-state index contributed by atoms with van der Waals surface area (Å²) in [5.74, 6) is 1.98. The second-order valence-electron chi connectivity index (χ2n) is 20.9. The molecular formula is C70H49N6OPt-3. The van der Waals surface area contributed by atoms with E-state index in [2.05, 4.69) is 275 Å². The van der Waals surface area contributed by atoms with Gasteiger partial charge in [-0.2, -0.15) is 12.1 Å². The van der Waals surface area contributed by atoms with E-state index in [9.17, 15) is 0 Å². The fourth-order valence-electron chi connectivity index (χ4n) is 11.8. The summed E-state index contributed by atoms with van der Waals surface area (Å²) in [6.45, 7) is 8.93. The summed E-state index contributed by atoms with van der Waals surface area (Å²) in [5.41, 5.74) is 16.0. The quantitative estimate of drug-likeness (QED) is 0.142. The van der Waals surface area contributed by atoms with Gasteiger partial charge in [0.05, 0.1) is 33.4 Å². The van der Waals surface area contributed by atoms with Gasteiger partial charge in [0, 0.05) is 82.9 Å². The molecule has 0 bridgehead atoms. The summed E-state index contributed by atoms with van der Waals surface area (Å²) in [5, 5.41) is 6.95. The Hall–Kier alpha value is -9.16. The average Bonchev–Trinajstić information content (AvgIpc) is 4.41. The molecule has 0 saturated heterocycles. The number of benzene rings is 10. The molecule has 0 radical (unpaired) electrons. The molecule has 5 heterocycles. The molecule has 78 heavy (non-hydrogen) atoms. The standard InChI is InChI=1S/C70H49N6O.Pt/c1-70(2,3)48-39-40-71-67(42-48)76-62-37-33-47(46-19-6-4-7-20-46)41-58(62)56-35-34-52(44-66(56)76)77-51-24-18-23-50(43-51)72-45-73(64-32-17-16-31-63(64)72)69-65(75-60-29-14-10-25-53(60)54-26-11-15-30-61(54)75)38-36-57-55-27-12-13-28-59(55)74(68(57)69)49-21-8-5-9-22-49;/h4-42,45H,1-3H3;/q-3;. The van der Waals surface area contributed by atoms with Crippen LogP contribution in [-0.2, 0) is 26.5 Å². The van der Waals surface area contributed by atoms with Crippen LogP contribution in [0.2, 0.25) is 0 Å². The van der Waals surface area contributed by atoms with Gasteiger partial charge < -0.3 is 28.2 Å². The molecule has 8 heteroatoms. The van der Waals surface area contributed by atoms with Crippen LogP contribution in [0.4, 0.5) is 22.7 Å². The van der Waals surface area contributed by atoms with Crippen molar-refractivity contribution in [2.75, 3.05) is 9.80 Å². The molecule has 4 aromatic heterocycles. The molecule has 378 valence electrons. The van der Waals surface area contributed by atoms with Gasteiger partial charge in [0.2, 0.25) is 0 Å². The second-order valence-corrected chi connectivity index (χ2v) is 20.9. The van der Waals surface area contributed by atoms with Crippen molar-refractivity contribution in [3.05, 3.63) is 261 Å². The van der Waals surface area contributed by atoms with E-state index in [1.165, 1.54) is 27.3 Å². The Morgan fingerprint density at radius 2 is 1.04 bits per heavy atom. The summed E-state index contributed by atoms with van der Waals surface area (Å²) >= 11 is 0. The van der Waals surface area contributed by atoms with E-state index in [0.29, 0.717) is 11.5 Å². The van der Waals surface area contributed by atoms with Crippen molar-refractivity contribution < 1.29 is 25.8 Å². The van der Waals surface area contributed by atoms with Crippen LogP contribution in [0.15, 0.2) is 237 Å². The first-order valence-corrected chi connectivity index (χ1v) is 26.2. The van der Waals surface area contributed by atoms with Crippen LogP contribution in [0.5, 0.6) is 11.5 Å². The fraction of sp³-hybridized carbons (Fsp3) is 0.0571. The molecule has 1 aliphatic heterocycles. The molecule has 15 rings (SSSR count). The van der Waals surface area contributed by atoms with Crippen molar-refractivity contribution in [2.45, 2.75) is 26.2 Å². The summed E-state index contributed by atoms with van der Waals surface area (Å²) in [6.07, 6.45) is 1.91. The summed E-state index contributed by atoms with van der Waals surface area (Å²) in [4.78, 5) is 9.58. The topological polar surface area (TPSA) is 43.4 Å². The van der Waals surface area contributed by atoms with E-state index in [-0.39, 0.29) is 26.5 Å². The predicted octanol–water partition coefficient (Wildman–Crippen LogP) is 18.1. The van der Waals surface area contributed by atoms with Crippen LogP contribution in [0.1, 0.15) is 26.3 Å². The third kappa shape index (κ3) is 7.55. The van der Waals surface area contributed by atoms with E-state index in [1.54, 1.807) is 0 Å². The Balaban J connectivity index is 0.00000552. The minimum absolute atomic E-state index is 0. The number of para-hydroxylation sites is 6. The largest absolute Gasteiger partial charge is 0.509 e. The predicted molar refractivity (Wildman–Crippen MR) is 317 cm³/mol. The van der Waals surface area contributed by atoms with Crippen LogP contribution in [-0.4, -0.2) is 18.7 Å². The first kappa shape index (κ1) is 47.3. The van der Waals surface area contributed by atoms with Crippen LogP contribution in [0, 0.1) is 18.8 Å². The number of fused-ring (bicyclic) bond motifs is 10. The van der Waals surface area contributed by atoms with Gasteiger partial charge in [-0.25, -0.2) is 4.98 Å². The van der Waals surface area contributed by atoms with Crippen LogP contribution >= 0.6 is 0 Å². The number of nitrogens with zero attached hydrogens (tertiary/aromatic N) is 6. The van der Waals surface area contributed by atoms with Gasteiger partial charge in [-0.05, 0) is 100 Å². The molecule has 0 saturated carbocycles. The maximum absolute atomic E-state index is 6.84. The SMILES string of the molecule is CC(C)(C)c1ccnc(-n2c3[c-]c(Oc4[c-]c(N5[CH-]N(c6c(-n7c8ccccc8c8ccccc87)ccc7c8ccccc8n(-c8ccccc8)c67)c6ccccc65)ccc4)ccc3c3cc(-c4ccccc4)ccc32)c1.[Pt]. The number of pyridine rings is 1. The molecule has 7 nitrogen and oxygen atoms in total. The summed E-state index contributed by atoms with van der Waals surface area (Å²) in [6, 6.07) is 89.5. The number of rotatable bonds is 8. The van der Waals surface area contributed by atoms with Gasteiger partial charge in [-0.15, -0.1) is 48.1 Å². The maximum atomic E-state index is 6.84. The summed E-state index contributed by atoms with van der Waals surface area (Å²) in [7, 11) is 0. The van der Waals surface area contributed by atoms with Gasteiger partial charge >= 0.3 is 0 Å². The monoisotopic (exact) mass is 1180 g/mol. The third-order valence-corrected chi connectivity index (χ3v) is 15.3. The van der Waals surface area contributed by atoms with Crippen molar-refractivity contribution in [1.29, 1.82) is 0 Å². The number of hydrogen-bond donors (Lipinski definition) is 0. The van der Waals surface area contributed by atoms with Gasteiger partial charge in [0.15, 0.2) is 0 Å². The minimum Gasteiger partial charge on any atom is -0.509 e. The number of ether oxygens (including phenoxy) is 1. The van der Waals surface area contributed by atoms with E-state index >= 15 is 0 Å².